The van der Waals surface area contributed by atoms with Gasteiger partial charge in [0.05, 0.1) is 5.92 Å². The molecule has 1 aliphatic rings. The van der Waals surface area contributed by atoms with Gasteiger partial charge in [0.25, 0.3) is 5.91 Å². The van der Waals surface area contributed by atoms with Crippen LogP contribution in [-0.2, 0) is 21.3 Å². The normalized spacial score (nSPS) is 14.9. The average molecular weight is 673 g/mol. The molecule has 4 aromatic carbocycles. The minimum atomic E-state index is -4.66. The Morgan fingerprint density at radius 2 is 1.54 bits per heavy atom. The minimum absolute atomic E-state index is 0. The second-order valence-corrected chi connectivity index (χ2v) is 14.0. The summed E-state index contributed by atoms with van der Waals surface area (Å²) in [6, 6.07) is 32.4. The van der Waals surface area contributed by atoms with Gasteiger partial charge in [-0.15, -0.1) is 0 Å². The fraction of sp³-hybridized carbons (Fsp3) is 0.263. The van der Waals surface area contributed by atoms with Crippen LogP contribution in [0.1, 0.15) is 77.9 Å². The molecule has 1 heterocycles. The summed E-state index contributed by atoms with van der Waals surface area (Å²) in [7, 11) is -4.66. The van der Waals surface area contributed by atoms with Crippen molar-refractivity contribution in [2.75, 3.05) is 5.32 Å². The number of anilines is 1. The minimum Gasteiger partial charge on any atom is -0.746 e. The van der Waals surface area contributed by atoms with E-state index >= 15 is 0 Å². The zero-order valence-electron chi connectivity index (χ0n) is 27.1. The van der Waals surface area contributed by atoms with Crippen molar-refractivity contribution >= 4 is 38.6 Å². The standard InChI is InChI=1S/C38H38N2O6S.Na/c1-25(47(43,44)45)39-37(41)31-13-11-26(12-14-31)23-34(29-17-15-28(16-18-29)27-7-3-2-4-8-27)38(42)40-33-21-19-30(20-22-33)36-24-32-9-5-6-10-35(32)46-36;/h5-6,9-22,24-25,27,34H,2-4,7-8,23H2,1H3,(H,39,41)(H,40,42)(H,43,44,45);/q;+1/p-1. The van der Waals surface area contributed by atoms with E-state index in [-0.39, 0.29) is 41.0 Å². The number of rotatable bonds is 10. The Kier molecular flexibility index (Phi) is 11.6. The van der Waals surface area contributed by atoms with Crippen molar-refractivity contribution in [3.8, 4) is 11.3 Å². The summed E-state index contributed by atoms with van der Waals surface area (Å²) in [6.45, 7) is 1.13. The van der Waals surface area contributed by atoms with E-state index in [1.54, 1.807) is 24.3 Å². The van der Waals surface area contributed by atoms with Gasteiger partial charge < -0.3 is 19.6 Å². The second-order valence-electron chi connectivity index (χ2n) is 12.3. The molecule has 2 amide bonds. The summed E-state index contributed by atoms with van der Waals surface area (Å²) in [5.74, 6) is -0.0456. The van der Waals surface area contributed by atoms with Crippen LogP contribution in [0.15, 0.2) is 108 Å². The van der Waals surface area contributed by atoms with E-state index in [9.17, 15) is 22.6 Å². The summed E-state index contributed by atoms with van der Waals surface area (Å²) in [4.78, 5) is 26.4. The molecule has 2 N–H and O–H groups in total. The van der Waals surface area contributed by atoms with Crippen molar-refractivity contribution in [2.24, 2.45) is 0 Å². The molecule has 8 nitrogen and oxygen atoms in total. The van der Waals surface area contributed by atoms with E-state index in [1.807, 2.05) is 66.7 Å². The number of nitrogens with one attached hydrogen (secondary N) is 2. The Morgan fingerprint density at radius 1 is 0.875 bits per heavy atom. The number of hydrogen-bond donors (Lipinski definition) is 2. The van der Waals surface area contributed by atoms with Crippen LogP contribution in [0, 0.1) is 0 Å². The van der Waals surface area contributed by atoms with Crippen molar-refractivity contribution in [1.82, 2.24) is 5.32 Å². The Morgan fingerprint density at radius 3 is 2.19 bits per heavy atom. The molecule has 2 unspecified atom stereocenters. The molecule has 2 atom stereocenters. The van der Waals surface area contributed by atoms with Gasteiger partial charge in [-0.2, -0.15) is 0 Å². The molecule has 5 aromatic rings. The summed E-state index contributed by atoms with van der Waals surface area (Å²) >= 11 is 0. The van der Waals surface area contributed by atoms with Gasteiger partial charge >= 0.3 is 29.6 Å². The number of fused-ring (bicyclic) bond motifs is 1. The largest absolute Gasteiger partial charge is 1.00 e. The van der Waals surface area contributed by atoms with E-state index in [0.29, 0.717) is 18.0 Å². The number of carbonyl (C=O) groups excluding carboxylic acids is 2. The average Bonchev–Trinajstić information content (AvgIpc) is 3.52. The van der Waals surface area contributed by atoms with Crippen LogP contribution in [-0.4, -0.2) is 30.2 Å². The summed E-state index contributed by atoms with van der Waals surface area (Å²) in [5, 5.41) is 4.78. The van der Waals surface area contributed by atoms with Gasteiger partial charge in [-0.05, 0) is 97.3 Å². The summed E-state index contributed by atoms with van der Waals surface area (Å²) in [6.07, 6.45) is 6.52. The Balaban J connectivity index is 0.00000451. The molecule has 10 heteroatoms. The van der Waals surface area contributed by atoms with Crippen LogP contribution in [0.3, 0.4) is 0 Å². The number of hydrogen-bond acceptors (Lipinski definition) is 6. The molecular formula is C38H37N2NaO6S. The third-order valence-electron chi connectivity index (χ3n) is 9.02. The molecule has 242 valence electrons. The molecule has 1 fully saturated rings. The van der Waals surface area contributed by atoms with Crippen molar-refractivity contribution in [2.45, 2.75) is 62.7 Å². The van der Waals surface area contributed by atoms with Crippen molar-refractivity contribution in [3.05, 3.63) is 125 Å². The fourth-order valence-corrected chi connectivity index (χ4v) is 6.49. The van der Waals surface area contributed by atoms with Crippen LogP contribution in [0.2, 0.25) is 0 Å². The van der Waals surface area contributed by atoms with Crippen LogP contribution >= 0.6 is 0 Å². The molecule has 48 heavy (non-hydrogen) atoms. The Hall–Kier alpha value is -3.73. The molecule has 0 aliphatic heterocycles. The van der Waals surface area contributed by atoms with Gasteiger partial charge in [-0.1, -0.05) is 73.9 Å². The van der Waals surface area contributed by atoms with Gasteiger partial charge in [0.1, 0.15) is 26.8 Å². The molecular weight excluding hydrogens is 635 g/mol. The first-order valence-corrected chi connectivity index (χ1v) is 17.5. The molecule has 6 rings (SSSR count). The molecule has 1 aromatic heterocycles. The number of furan rings is 1. The van der Waals surface area contributed by atoms with Crippen molar-refractivity contribution in [3.63, 3.8) is 0 Å². The maximum Gasteiger partial charge on any atom is 1.00 e. The third-order valence-corrected chi connectivity index (χ3v) is 10.0. The van der Waals surface area contributed by atoms with Gasteiger partial charge in [0.15, 0.2) is 0 Å². The van der Waals surface area contributed by atoms with Gasteiger partial charge in [0, 0.05) is 22.2 Å². The molecule has 0 spiro atoms. The Labute approximate surface area is 303 Å². The topological polar surface area (TPSA) is 129 Å². The number of amides is 2. The molecule has 0 bridgehead atoms. The summed E-state index contributed by atoms with van der Waals surface area (Å²) < 4.78 is 39.6. The molecule has 1 aliphatic carbocycles. The maximum atomic E-state index is 13.9. The van der Waals surface area contributed by atoms with E-state index in [4.69, 9.17) is 4.42 Å². The monoisotopic (exact) mass is 672 g/mol. The first kappa shape index (κ1) is 35.6. The first-order valence-electron chi connectivity index (χ1n) is 16.0. The number of para-hydroxylation sites is 1. The van der Waals surface area contributed by atoms with E-state index in [2.05, 4.69) is 22.8 Å². The molecule has 0 radical (unpaired) electrons. The van der Waals surface area contributed by atoms with Crippen LogP contribution in [0.25, 0.3) is 22.3 Å². The zero-order chi connectivity index (χ0) is 33.0. The van der Waals surface area contributed by atoms with Gasteiger partial charge in [-0.3, -0.25) is 9.59 Å². The van der Waals surface area contributed by atoms with E-state index in [1.165, 1.54) is 37.7 Å². The predicted molar refractivity (Wildman–Crippen MR) is 182 cm³/mol. The van der Waals surface area contributed by atoms with Crippen LogP contribution in [0.4, 0.5) is 5.69 Å². The quantitative estimate of drug-likeness (QED) is 0.163. The second kappa shape index (κ2) is 15.7. The van der Waals surface area contributed by atoms with E-state index in [0.717, 1.165) is 40.3 Å². The van der Waals surface area contributed by atoms with Crippen LogP contribution < -0.4 is 40.2 Å². The number of carbonyl (C=O) groups is 2. The van der Waals surface area contributed by atoms with Gasteiger partial charge in [0.2, 0.25) is 5.91 Å². The Bertz CT molecular complexity index is 1930. The smallest absolute Gasteiger partial charge is 0.746 e. The zero-order valence-corrected chi connectivity index (χ0v) is 30.0. The number of benzene rings is 4. The van der Waals surface area contributed by atoms with E-state index < -0.39 is 27.3 Å². The fourth-order valence-electron chi connectivity index (χ4n) is 6.24. The van der Waals surface area contributed by atoms with Crippen molar-refractivity contribution < 1.29 is 56.5 Å². The predicted octanol–water partition coefficient (Wildman–Crippen LogP) is 4.74. The first-order chi connectivity index (χ1) is 22.6. The van der Waals surface area contributed by atoms with Crippen molar-refractivity contribution in [1.29, 1.82) is 0 Å². The third kappa shape index (κ3) is 8.64. The van der Waals surface area contributed by atoms with Crippen LogP contribution in [0.5, 0.6) is 0 Å². The molecule has 0 saturated heterocycles. The maximum absolute atomic E-state index is 13.9. The SMILES string of the molecule is CC(NC(=O)c1ccc(CC(C(=O)Nc2ccc(-c3cc4ccccc4o3)cc2)c2ccc(C3CCCCC3)cc2)cc1)S(=O)(=O)[O-].[Na+]. The molecule has 1 saturated carbocycles. The summed E-state index contributed by atoms with van der Waals surface area (Å²) in [5.41, 5.74) is 5.61. The van der Waals surface area contributed by atoms with Gasteiger partial charge in [-0.25, -0.2) is 8.42 Å².